The van der Waals surface area contributed by atoms with Crippen LogP contribution in [0.5, 0.6) is 5.75 Å². The normalized spacial score (nSPS) is 14.5. The molecule has 0 saturated carbocycles. The van der Waals surface area contributed by atoms with E-state index in [1.165, 1.54) is 30.6 Å². The fourth-order valence-corrected chi connectivity index (χ4v) is 5.46. The summed E-state index contributed by atoms with van der Waals surface area (Å²) in [5.41, 5.74) is 7.15. The minimum atomic E-state index is -0.162. The lowest BCUT2D eigenvalue weighted by atomic mass is 10.1. The van der Waals surface area contributed by atoms with Crippen molar-refractivity contribution in [3.8, 4) is 17.0 Å². The number of piperidine rings is 1. The van der Waals surface area contributed by atoms with Gasteiger partial charge in [0.15, 0.2) is 0 Å². The third-order valence-corrected chi connectivity index (χ3v) is 7.21. The first-order valence-electron chi connectivity index (χ1n) is 11.2. The Morgan fingerprint density at radius 1 is 1.18 bits per heavy atom. The van der Waals surface area contributed by atoms with Crippen LogP contribution in [0.25, 0.3) is 21.5 Å². The molecule has 0 unspecified atom stereocenters. The molecule has 1 fully saturated rings. The summed E-state index contributed by atoms with van der Waals surface area (Å²) >= 11 is 14.2. The number of nitrogens with one attached hydrogen (secondary N) is 1. The number of anilines is 1. The van der Waals surface area contributed by atoms with Crippen LogP contribution in [0.1, 0.15) is 42.3 Å². The van der Waals surface area contributed by atoms with Crippen LogP contribution in [0, 0.1) is 0 Å². The van der Waals surface area contributed by atoms with Gasteiger partial charge in [-0.1, -0.05) is 29.6 Å². The molecule has 0 aliphatic carbocycles. The molecular formula is C23H27Cl2N5O2S. The highest BCUT2D eigenvalue weighted by molar-refractivity contribution is 7.20. The van der Waals surface area contributed by atoms with Gasteiger partial charge < -0.3 is 20.7 Å². The summed E-state index contributed by atoms with van der Waals surface area (Å²) in [5, 5.41) is 4.37. The van der Waals surface area contributed by atoms with E-state index in [2.05, 4.69) is 20.2 Å². The SMILES string of the molecule is CCNC(=O)c1cc2c(-c3cc(OCCCN4CCCCC4)c(Cl)cc3Cl)nc(N)nc2s1. The summed E-state index contributed by atoms with van der Waals surface area (Å²) in [4.78, 5) is 24.7. The highest BCUT2D eigenvalue weighted by atomic mass is 35.5. The van der Waals surface area contributed by atoms with Gasteiger partial charge >= 0.3 is 0 Å². The average molecular weight is 508 g/mol. The van der Waals surface area contributed by atoms with E-state index in [0.29, 0.717) is 55.3 Å². The van der Waals surface area contributed by atoms with E-state index in [1.807, 2.05) is 6.92 Å². The van der Waals surface area contributed by atoms with Gasteiger partial charge in [0.05, 0.1) is 27.2 Å². The average Bonchev–Trinajstić information content (AvgIpc) is 3.22. The molecule has 176 valence electrons. The number of hydrogen-bond donors (Lipinski definition) is 2. The van der Waals surface area contributed by atoms with E-state index in [1.54, 1.807) is 18.2 Å². The number of benzene rings is 1. The summed E-state index contributed by atoms with van der Waals surface area (Å²) < 4.78 is 6.01. The zero-order valence-electron chi connectivity index (χ0n) is 18.5. The van der Waals surface area contributed by atoms with Gasteiger partial charge in [0.1, 0.15) is 10.6 Å². The number of carbonyl (C=O) groups is 1. The molecule has 0 bridgehead atoms. The zero-order chi connectivity index (χ0) is 23.4. The second-order valence-electron chi connectivity index (χ2n) is 7.99. The Kier molecular flexibility index (Phi) is 7.90. The maximum Gasteiger partial charge on any atom is 0.261 e. The summed E-state index contributed by atoms with van der Waals surface area (Å²) in [5.74, 6) is 0.487. The first kappa shape index (κ1) is 24.0. The van der Waals surface area contributed by atoms with Gasteiger partial charge in [-0.2, -0.15) is 0 Å². The van der Waals surface area contributed by atoms with Crippen LogP contribution in [-0.4, -0.2) is 53.6 Å². The maximum atomic E-state index is 12.3. The number of nitrogen functional groups attached to an aromatic ring is 1. The van der Waals surface area contributed by atoms with Crippen molar-refractivity contribution >= 4 is 56.6 Å². The number of ether oxygens (including phenoxy) is 1. The van der Waals surface area contributed by atoms with Crippen LogP contribution in [0.3, 0.4) is 0 Å². The first-order valence-corrected chi connectivity index (χ1v) is 12.7. The Hall–Kier alpha value is -2.13. The van der Waals surface area contributed by atoms with Crippen LogP contribution < -0.4 is 15.8 Å². The lowest BCUT2D eigenvalue weighted by Crippen LogP contribution is -2.31. The Labute approximate surface area is 207 Å². The summed E-state index contributed by atoms with van der Waals surface area (Å²) in [6.45, 7) is 6.30. The molecule has 1 aliphatic heterocycles. The lowest BCUT2D eigenvalue weighted by molar-refractivity contribution is 0.0960. The molecule has 3 heterocycles. The fourth-order valence-electron chi connectivity index (χ4n) is 3.98. The van der Waals surface area contributed by atoms with Crippen molar-refractivity contribution in [2.24, 2.45) is 0 Å². The molecule has 33 heavy (non-hydrogen) atoms. The Morgan fingerprint density at radius 2 is 1.97 bits per heavy atom. The monoisotopic (exact) mass is 507 g/mol. The molecular weight excluding hydrogens is 481 g/mol. The molecule has 3 N–H and O–H groups in total. The van der Waals surface area contributed by atoms with Crippen molar-refractivity contribution in [3.05, 3.63) is 33.1 Å². The molecule has 1 amide bonds. The van der Waals surface area contributed by atoms with E-state index < -0.39 is 0 Å². The van der Waals surface area contributed by atoms with Crippen LogP contribution in [-0.2, 0) is 0 Å². The number of carbonyl (C=O) groups excluding carboxylic acids is 1. The van der Waals surface area contributed by atoms with Crippen molar-refractivity contribution < 1.29 is 9.53 Å². The van der Waals surface area contributed by atoms with Gasteiger partial charge in [0, 0.05) is 24.0 Å². The van der Waals surface area contributed by atoms with E-state index in [0.717, 1.165) is 26.1 Å². The van der Waals surface area contributed by atoms with Gasteiger partial charge in [0.25, 0.3) is 5.91 Å². The van der Waals surface area contributed by atoms with Crippen molar-refractivity contribution in [1.29, 1.82) is 0 Å². The van der Waals surface area contributed by atoms with Crippen molar-refractivity contribution in [3.63, 3.8) is 0 Å². The molecule has 1 aromatic carbocycles. The number of rotatable bonds is 8. The lowest BCUT2D eigenvalue weighted by Gasteiger charge is -2.26. The summed E-state index contributed by atoms with van der Waals surface area (Å²) in [7, 11) is 0. The third-order valence-electron chi connectivity index (χ3n) is 5.57. The smallest absolute Gasteiger partial charge is 0.261 e. The minimum absolute atomic E-state index is 0.108. The molecule has 3 aromatic rings. The highest BCUT2D eigenvalue weighted by Gasteiger charge is 2.19. The predicted molar refractivity (Wildman–Crippen MR) is 136 cm³/mol. The molecule has 4 rings (SSSR count). The van der Waals surface area contributed by atoms with Gasteiger partial charge in [-0.15, -0.1) is 11.3 Å². The second kappa shape index (κ2) is 10.9. The molecule has 7 nitrogen and oxygen atoms in total. The number of nitrogens with two attached hydrogens (primary N) is 1. The van der Waals surface area contributed by atoms with Crippen LogP contribution in [0.2, 0.25) is 10.0 Å². The largest absolute Gasteiger partial charge is 0.492 e. The zero-order valence-corrected chi connectivity index (χ0v) is 20.8. The Balaban J connectivity index is 1.58. The summed E-state index contributed by atoms with van der Waals surface area (Å²) in [6, 6.07) is 5.21. The molecule has 0 spiro atoms. The van der Waals surface area contributed by atoms with Gasteiger partial charge in [0.2, 0.25) is 5.95 Å². The number of fused-ring (bicyclic) bond motifs is 1. The van der Waals surface area contributed by atoms with Crippen molar-refractivity contribution in [2.45, 2.75) is 32.6 Å². The van der Waals surface area contributed by atoms with Gasteiger partial charge in [-0.05, 0) is 57.5 Å². The van der Waals surface area contributed by atoms with Gasteiger partial charge in [-0.25, -0.2) is 9.97 Å². The first-order chi connectivity index (χ1) is 16.0. The topological polar surface area (TPSA) is 93.4 Å². The van der Waals surface area contributed by atoms with E-state index >= 15 is 0 Å². The number of aromatic nitrogens is 2. The molecule has 0 atom stereocenters. The van der Waals surface area contributed by atoms with Crippen molar-refractivity contribution in [1.82, 2.24) is 20.2 Å². The highest BCUT2D eigenvalue weighted by Crippen LogP contribution is 2.40. The van der Waals surface area contributed by atoms with E-state index in [-0.39, 0.29) is 11.9 Å². The van der Waals surface area contributed by atoms with Gasteiger partial charge in [-0.3, -0.25) is 4.79 Å². The Bertz CT molecular complexity index is 1150. The standard InChI is InChI=1S/C23H27Cl2N5O2S/c1-2-27-21(31)19-12-15-20(28-23(26)29-22(15)33-19)14-11-18(17(25)13-16(14)24)32-10-6-9-30-7-4-3-5-8-30/h11-13H,2-10H2,1H3,(H,27,31)(H2,26,28,29). The molecule has 2 aromatic heterocycles. The third kappa shape index (κ3) is 5.69. The molecule has 1 saturated heterocycles. The number of nitrogens with zero attached hydrogens (tertiary/aromatic N) is 3. The van der Waals surface area contributed by atoms with E-state index in [4.69, 9.17) is 33.7 Å². The molecule has 1 aliphatic rings. The number of likely N-dealkylation sites (tertiary alicyclic amines) is 1. The van der Waals surface area contributed by atoms with Crippen LogP contribution in [0.15, 0.2) is 18.2 Å². The Morgan fingerprint density at radius 3 is 2.73 bits per heavy atom. The van der Waals surface area contributed by atoms with Crippen LogP contribution in [0.4, 0.5) is 5.95 Å². The fraction of sp³-hybridized carbons (Fsp3) is 0.435. The minimum Gasteiger partial charge on any atom is -0.492 e. The number of halogens is 2. The maximum absolute atomic E-state index is 12.3. The number of thiophene rings is 1. The number of amides is 1. The number of hydrogen-bond acceptors (Lipinski definition) is 7. The van der Waals surface area contributed by atoms with E-state index in [9.17, 15) is 4.79 Å². The summed E-state index contributed by atoms with van der Waals surface area (Å²) in [6.07, 6.45) is 4.79. The second-order valence-corrected chi connectivity index (χ2v) is 9.83. The molecule has 0 radical (unpaired) electrons. The van der Waals surface area contributed by atoms with Crippen LogP contribution >= 0.6 is 34.5 Å². The predicted octanol–water partition coefficient (Wildman–Crippen LogP) is 5.25. The van der Waals surface area contributed by atoms with Crippen molar-refractivity contribution in [2.75, 3.05) is 38.5 Å². The molecule has 10 heteroatoms. The quantitative estimate of drug-likeness (QED) is 0.404.